The molecule has 0 saturated carbocycles. The molecule has 0 amide bonds. The minimum Gasteiger partial charge on any atom is -0.550 e. The second-order valence-electron chi connectivity index (χ2n) is 11.9. The number of hydrogen-bond acceptors (Lipinski definition) is 4. The van der Waals surface area contributed by atoms with Gasteiger partial charge >= 0.3 is 11.9 Å². The minimum atomic E-state index is -1.14. The van der Waals surface area contributed by atoms with E-state index in [0.717, 1.165) is 25.7 Å². The number of carbonyl (C=O) groups is 3. The number of hydrogen-bond donors (Lipinski definition) is 2. The van der Waals surface area contributed by atoms with E-state index in [1.807, 2.05) is 13.8 Å². The Hall–Kier alpha value is -1.89. The Morgan fingerprint density at radius 3 is 1.35 bits per heavy atom. The zero-order valence-corrected chi connectivity index (χ0v) is 26.2. The van der Waals surface area contributed by atoms with Crippen LogP contribution < -0.4 is 5.11 Å². The molecule has 40 heavy (non-hydrogen) atoms. The van der Waals surface area contributed by atoms with Gasteiger partial charge in [-0.05, 0) is 51.4 Å². The minimum absolute atomic E-state index is 0.218. The van der Waals surface area contributed by atoms with E-state index in [1.165, 1.54) is 64.2 Å². The second kappa shape index (κ2) is 23.8. The van der Waals surface area contributed by atoms with Gasteiger partial charge in [-0.1, -0.05) is 97.6 Å². The molecule has 0 aromatic heterocycles. The number of allylic oxidation sites excluding steroid dienone is 2. The summed E-state index contributed by atoms with van der Waals surface area (Å²) in [5.41, 5.74) is 0. The van der Waals surface area contributed by atoms with Crippen LogP contribution >= 0.6 is 0 Å². The lowest BCUT2D eigenvalue weighted by Crippen LogP contribution is -2.59. The highest BCUT2D eigenvalue weighted by molar-refractivity contribution is 5.70. The average Bonchev–Trinajstić information content (AvgIpc) is 2.92. The van der Waals surface area contributed by atoms with Gasteiger partial charge in [0.2, 0.25) is 0 Å². The molecule has 234 valence electrons. The molecule has 0 saturated heterocycles. The third-order valence-corrected chi connectivity index (χ3v) is 8.48. The molecule has 0 aliphatic heterocycles. The lowest BCUT2D eigenvalue weighted by atomic mass is 9.95. The Bertz CT molecular complexity index is 647. The van der Waals surface area contributed by atoms with Crippen molar-refractivity contribution >= 4 is 17.9 Å². The third kappa shape index (κ3) is 17.7. The number of carboxylic acid groups (broad SMARTS) is 3. The molecule has 0 fully saturated rings. The highest BCUT2D eigenvalue weighted by atomic mass is 16.4. The Kier molecular flexibility index (Phi) is 22.7. The van der Waals surface area contributed by atoms with E-state index in [1.54, 1.807) is 6.92 Å². The quantitative estimate of drug-likeness (QED) is 0.0608. The number of nitrogens with zero attached hydrogens (tertiary/aromatic N) is 1. The number of unbranched alkanes of at least 4 members (excludes halogenated alkanes) is 12. The molecule has 0 spiro atoms. The van der Waals surface area contributed by atoms with Gasteiger partial charge in [0.15, 0.2) is 0 Å². The number of quaternary nitrogens is 1. The van der Waals surface area contributed by atoms with Gasteiger partial charge in [-0.3, -0.25) is 9.59 Å². The monoisotopic (exact) mass is 567 g/mol. The Balaban J connectivity index is 4.85. The largest absolute Gasteiger partial charge is 0.550 e. The third-order valence-electron chi connectivity index (χ3n) is 8.48. The van der Waals surface area contributed by atoms with Crippen molar-refractivity contribution in [2.45, 2.75) is 137 Å². The standard InChI is InChI=1S/C33H61NO6/c1-5-9-10-11-12-13-14-15-16-17-18-19-20-21-22-23-24-34(25-28(6-2)31(35)36,26-29(7-3)32(37)38)27-30(8-4)33(39)40/h11-12,28-30H,5-10,13-27H2,1-4H3,(H2-,35,36,37,38,39,40)/b12-11+. The molecule has 0 aliphatic rings. The summed E-state index contributed by atoms with van der Waals surface area (Å²) in [4.78, 5) is 35.8. The summed E-state index contributed by atoms with van der Waals surface area (Å²) < 4.78 is 0.218. The van der Waals surface area contributed by atoms with Crippen molar-refractivity contribution in [3.05, 3.63) is 12.2 Å². The fourth-order valence-corrected chi connectivity index (χ4v) is 5.72. The maximum Gasteiger partial charge on any atom is 0.312 e. The molecule has 7 heteroatoms. The van der Waals surface area contributed by atoms with Crippen molar-refractivity contribution in [2.75, 3.05) is 26.2 Å². The van der Waals surface area contributed by atoms with Crippen LogP contribution in [0.5, 0.6) is 0 Å². The van der Waals surface area contributed by atoms with Crippen LogP contribution in [0.2, 0.25) is 0 Å². The van der Waals surface area contributed by atoms with Gasteiger partial charge in [-0.15, -0.1) is 0 Å². The summed E-state index contributed by atoms with van der Waals surface area (Å²) in [5, 5.41) is 31.4. The van der Waals surface area contributed by atoms with Crippen molar-refractivity contribution in [3.8, 4) is 0 Å². The average molecular weight is 568 g/mol. The molecule has 0 radical (unpaired) electrons. The van der Waals surface area contributed by atoms with Gasteiger partial charge in [0.25, 0.3) is 0 Å². The number of carbonyl (C=O) groups excluding carboxylic acids is 1. The van der Waals surface area contributed by atoms with E-state index < -0.39 is 35.7 Å². The highest BCUT2D eigenvalue weighted by Crippen LogP contribution is 2.25. The predicted octanol–water partition coefficient (Wildman–Crippen LogP) is 6.84. The smallest absolute Gasteiger partial charge is 0.312 e. The summed E-state index contributed by atoms with van der Waals surface area (Å²) in [7, 11) is 0. The second-order valence-corrected chi connectivity index (χ2v) is 11.9. The van der Waals surface area contributed by atoms with Gasteiger partial charge in [0.05, 0.1) is 32.1 Å². The summed E-state index contributed by atoms with van der Waals surface area (Å²) in [6.45, 7) is 9.01. The Morgan fingerprint density at radius 2 is 0.975 bits per heavy atom. The van der Waals surface area contributed by atoms with E-state index in [2.05, 4.69) is 19.1 Å². The van der Waals surface area contributed by atoms with E-state index in [9.17, 15) is 29.7 Å². The molecule has 0 aliphatic carbocycles. The van der Waals surface area contributed by atoms with Crippen LogP contribution in [-0.2, 0) is 14.4 Å². The molecular formula is C33H61NO6. The molecule has 7 nitrogen and oxygen atoms in total. The molecule has 2 N–H and O–H groups in total. The van der Waals surface area contributed by atoms with Crippen LogP contribution in [-0.4, -0.2) is 58.8 Å². The van der Waals surface area contributed by atoms with E-state index in [4.69, 9.17) is 0 Å². The fourth-order valence-electron chi connectivity index (χ4n) is 5.72. The Labute approximate surface area is 245 Å². The first-order valence-corrected chi connectivity index (χ1v) is 16.3. The zero-order valence-electron chi connectivity index (χ0n) is 26.2. The van der Waals surface area contributed by atoms with Gasteiger partial charge in [-0.2, -0.15) is 0 Å². The molecule has 0 heterocycles. The van der Waals surface area contributed by atoms with Gasteiger partial charge < -0.3 is 24.6 Å². The molecule has 3 atom stereocenters. The lowest BCUT2D eigenvalue weighted by Gasteiger charge is -2.44. The summed E-state index contributed by atoms with van der Waals surface area (Å²) in [5.74, 6) is -4.95. The first kappa shape index (κ1) is 38.1. The first-order valence-electron chi connectivity index (χ1n) is 16.3. The van der Waals surface area contributed by atoms with Gasteiger partial charge in [0, 0.05) is 5.92 Å². The fraction of sp³-hybridized carbons (Fsp3) is 0.848. The van der Waals surface area contributed by atoms with Crippen molar-refractivity contribution in [1.82, 2.24) is 0 Å². The summed E-state index contributed by atoms with van der Waals surface area (Å²) in [6, 6.07) is 0. The summed E-state index contributed by atoms with van der Waals surface area (Å²) in [6.07, 6.45) is 22.5. The maximum absolute atomic E-state index is 12.0. The normalized spacial score (nSPS) is 15.5. The van der Waals surface area contributed by atoms with Crippen LogP contribution in [0.3, 0.4) is 0 Å². The topological polar surface area (TPSA) is 115 Å². The first-order chi connectivity index (χ1) is 19.2. The van der Waals surface area contributed by atoms with Crippen molar-refractivity contribution in [1.29, 1.82) is 0 Å². The van der Waals surface area contributed by atoms with Crippen LogP contribution in [0.15, 0.2) is 12.2 Å². The lowest BCUT2D eigenvalue weighted by molar-refractivity contribution is -0.935. The van der Waals surface area contributed by atoms with Crippen molar-refractivity contribution in [2.24, 2.45) is 17.8 Å². The van der Waals surface area contributed by atoms with Crippen molar-refractivity contribution in [3.63, 3.8) is 0 Å². The highest BCUT2D eigenvalue weighted by Gasteiger charge is 2.39. The SMILES string of the molecule is CCCC/C=C/CCCCCCCCCCCC[N+](CC(CC)C(=O)[O-])(CC(CC)C(=O)O)CC(CC)C(=O)O. The molecule has 3 unspecified atom stereocenters. The van der Waals surface area contributed by atoms with Crippen molar-refractivity contribution < 1.29 is 34.2 Å². The van der Waals surface area contributed by atoms with Crippen LogP contribution in [0.25, 0.3) is 0 Å². The Morgan fingerprint density at radius 1 is 0.600 bits per heavy atom. The number of rotatable bonds is 28. The molecule has 0 rings (SSSR count). The van der Waals surface area contributed by atoms with Crippen LogP contribution in [0.1, 0.15) is 137 Å². The maximum atomic E-state index is 12.0. The molecule has 0 bridgehead atoms. The van der Waals surface area contributed by atoms with E-state index in [-0.39, 0.29) is 24.1 Å². The number of aliphatic carboxylic acids is 3. The zero-order chi connectivity index (χ0) is 30.2. The predicted molar refractivity (Wildman–Crippen MR) is 161 cm³/mol. The van der Waals surface area contributed by atoms with E-state index >= 15 is 0 Å². The molecule has 0 aromatic rings. The van der Waals surface area contributed by atoms with Crippen LogP contribution in [0.4, 0.5) is 0 Å². The van der Waals surface area contributed by atoms with Crippen LogP contribution in [0, 0.1) is 17.8 Å². The van der Waals surface area contributed by atoms with Gasteiger partial charge in [-0.25, -0.2) is 0 Å². The van der Waals surface area contributed by atoms with Gasteiger partial charge in [0.1, 0.15) is 11.8 Å². The molecular weight excluding hydrogens is 506 g/mol. The number of carboxylic acids is 3. The van der Waals surface area contributed by atoms with E-state index in [0.29, 0.717) is 25.8 Å². The summed E-state index contributed by atoms with van der Waals surface area (Å²) >= 11 is 0. The molecule has 0 aromatic carbocycles.